The van der Waals surface area contributed by atoms with Crippen LogP contribution in [0.15, 0.2) is 82.6 Å². The van der Waals surface area contributed by atoms with Gasteiger partial charge in [0, 0.05) is 28.9 Å². The minimum atomic E-state index is -3.86. The Bertz CT molecular complexity index is 1200. The maximum Gasteiger partial charge on any atom is 0.268 e. The number of rotatable bonds is 3. The lowest BCUT2D eigenvalue weighted by Crippen LogP contribution is -2.11. The molecule has 2 aromatic carbocycles. The molecule has 0 bridgehead atoms. The van der Waals surface area contributed by atoms with E-state index in [9.17, 15) is 12.8 Å². The van der Waals surface area contributed by atoms with Gasteiger partial charge in [0.25, 0.3) is 10.0 Å². The van der Waals surface area contributed by atoms with Crippen LogP contribution in [0.4, 0.5) is 4.39 Å². The van der Waals surface area contributed by atoms with Crippen molar-refractivity contribution < 1.29 is 12.8 Å². The van der Waals surface area contributed by atoms with Crippen molar-refractivity contribution in [2.24, 2.45) is 0 Å². The maximum atomic E-state index is 13.8. The molecule has 0 aliphatic rings. The molecule has 0 spiro atoms. The molecule has 0 aliphatic carbocycles. The fourth-order valence-electron chi connectivity index (χ4n) is 2.84. The Morgan fingerprint density at radius 1 is 1.00 bits per heavy atom. The molecular weight excluding hydrogens is 419 g/mol. The SMILES string of the molecule is O=S(=O)(c1ccccc1)n1cc(-c2ccc(Br)nc2)c2ccc(F)cc21. The van der Waals surface area contributed by atoms with Gasteiger partial charge in [-0.2, -0.15) is 0 Å². The summed E-state index contributed by atoms with van der Waals surface area (Å²) < 4.78 is 41.8. The highest BCUT2D eigenvalue weighted by Crippen LogP contribution is 2.33. The molecule has 0 N–H and O–H groups in total. The van der Waals surface area contributed by atoms with Crippen LogP contribution in [0.2, 0.25) is 0 Å². The van der Waals surface area contributed by atoms with Gasteiger partial charge in [-0.3, -0.25) is 0 Å². The summed E-state index contributed by atoms with van der Waals surface area (Å²) in [5.74, 6) is -0.499. The zero-order chi connectivity index (χ0) is 18.3. The molecule has 4 aromatic rings. The summed E-state index contributed by atoms with van der Waals surface area (Å²) in [6.45, 7) is 0. The van der Waals surface area contributed by atoms with Crippen LogP contribution in [0.1, 0.15) is 0 Å². The van der Waals surface area contributed by atoms with E-state index >= 15 is 0 Å². The van der Waals surface area contributed by atoms with Crippen LogP contribution in [0.25, 0.3) is 22.0 Å². The van der Waals surface area contributed by atoms with Gasteiger partial charge in [0.15, 0.2) is 0 Å². The first-order valence-corrected chi connectivity index (χ1v) is 9.93. The van der Waals surface area contributed by atoms with Gasteiger partial charge in [-0.15, -0.1) is 0 Å². The van der Waals surface area contributed by atoms with Crippen molar-refractivity contribution in [1.29, 1.82) is 0 Å². The van der Waals surface area contributed by atoms with Crippen LogP contribution in [-0.2, 0) is 10.0 Å². The summed E-state index contributed by atoms with van der Waals surface area (Å²) in [4.78, 5) is 4.33. The largest absolute Gasteiger partial charge is 0.268 e. The predicted octanol–water partition coefficient (Wildman–Crippen LogP) is 4.84. The second kappa shape index (κ2) is 6.34. The van der Waals surface area contributed by atoms with Gasteiger partial charge in [0.05, 0.1) is 10.4 Å². The first-order chi connectivity index (χ1) is 12.5. The Morgan fingerprint density at radius 2 is 1.77 bits per heavy atom. The molecule has 0 saturated carbocycles. The number of benzene rings is 2. The second-order valence-electron chi connectivity index (χ2n) is 5.69. The molecule has 2 aromatic heterocycles. The van der Waals surface area contributed by atoms with Crippen molar-refractivity contribution >= 4 is 36.9 Å². The summed E-state index contributed by atoms with van der Waals surface area (Å²) in [6.07, 6.45) is 3.15. The zero-order valence-corrected chi connectivity index (χ0v) is 15.7. The van der Waals surface area contributed by atoms with Gasteiger partial charge in [0.1, 0.15) is 10.4 Å². The van der Waals surface area contributed by atoms with E-state index < -0.39 is 15.8 Å². The Kier molecular flexibility index (Phi) is 4.13. The van der Waals surface area contributed by atoms with Gasteiger partial charge < -0.3 is 0 Å². The van der Waals surface area contributed by atoms with Crippen molar-refractivity contribution in [3.05, 3.63) is 83.5 Å². The van der Waals surface area contributed by atoms with Gasteiger partial charge in [-0.1, -0.05) is 24.3 Å². The van der Waals surface area contributed by atoms with Crippen molar-refractivity contribution in [3.63, 3.8) is 0 Å². The molecule has 0 unspecified atom stereocenters. The minimum absolute atomic E-state index is 0.140. The lowest BCUT2D eigenvalue weighted by atomic mass is 10.1. The van der Waals surface area contributed by atoms with E-state index in [-0.39, 0.29) is 10.4 Å². The predicted molar refractivity (Wildman–Crippen MR) is 102 cm³/mol. The zero-order valence-electron chi connectivity index (χ0n) is 13.3. The minimum Gasteiger partial charge on any atom is -0.249 e. The maximum absolute atomic E-state index is 13.8. The average molecular weight is 431 g/mol. The first kappa shape index (κ1) is 16.9. The van der Waals surface area contributed by atoms with Crippen LogP contribution in [0, 0.1) is 5.82 Å². The van der Waals surface area contributed by atoms with Crippen LogP contribution >= 0.6 is 15.9 Å². The highest BCUT2D eigenvalue weighted by molar-refractivity contribution is 9.10. The molecular formula is C19H12BrFN2O2S. The number of aromatic nitrogens is 2. The number of halogens is 2. The van der Waals surface area contributed by atoms with E-state index in [0.29, 0.717) is 15.6 Å². The van der Waals surface area contributed by atoms with Crippen molar-refractivity contribution in [1.82, 2.24) is 8.96 Å². The molecule has 2 heterocycles. The second-order valence-corrected chi connectivity index (χ2v) is 8.32. The quantitative estimate of drug-likeness (QED) is 0.436. The fourth-order valence-corrected chi connectivity index (χ4v) is 4.46. The van der Waals surface area contributed by atoms with E-state index in [1.54, 1.807) is 36.5 Å². The van der Waals surface area contributed by atoms with E-state index in [4.69, 9.17) is 0 Å². The molecule has 130 valence electrons. The average Bonchev–Trinajstić information content (AvgIpc) is 3.02. The number of hydrogen-bond acceptors (Lipinski definition) is 3. The fraction of sp³-hybridized carbons (Fsp3) is 0. The van der Waals surface area contributed by atoms with Gasteiger partial charge >= 0.3 is 0 Å². The molecule has 0 atom stereocenters. The van der Waals surface area contributed by atoms with Crippen LogP contribution in [-0.4, -0.2) is 17.4 Å². The van der Waals surface area contributed by atoms with E-state index in [1.165, 1.54) is 30.5 Å². The van der Waals surface area contributed by atoms with Crippen molar-refractivity contribution in [2.45, 2.75) is 4.90 Å². The Morgan fingerprint density at radius 3 is 2.46 bits per heavy atom. The molecule has 0 saturated heterocycles. The Balaban J connectivity index is 2.02. The highest BCUT2D eigenvalue weighted by atomic mass is 79.9. The summed E-state index contributed by atoms with van der Waals surface area (Å²) in [7, 11) is -3.86. The Hall–Kier alpha value is -2.51. The number of nitrogens with zero attached hydrogens (tertiary/aromatic N) is 2. The normalized spacial score (nSPS) is 11.8. The number of pyridine rings is 1. The third-order valence-corrected chi connectivity index (χ3v) is 6.23. The summed E-state index contributed by atoms with van der Waals surface area (Å²) in [5, 5.41) is 0.634. The summed E-state index contributed by atoms with van der Waals surface area (Å²) in [5.41, 5.74) is 1.69. The lowest BCUT2D eigenvalue weighted by molar-refractivity contribution is 0.589. The number of fused-ring (bicyclic) bond motifs is 1. The standard InChI is InChI=1S/C19H12BrFN2O2S/c20-19-9-6-13(11-22-19)17-12-23(18-10-14(21)7-8-16(17)18)26(24,25)15-4-2-1-3-5-15/h1-12H. The van der Waals surface area contributed by atoms with Gasteiger partial charge in [-0.25, -0.2) is 21.8 Å². The van der Waals surface area contributed by atoms with Crippen LogP contribution < -0.4 is 0 Å². The lowest BCUT2D eigenvalue weighted by Gasteiger charge is -2.07. The first-order valence-electron chi connectivity index (χ1n) is 7.70. The topological polar surface area (TPSA) is 52.0 Å². The molecule has 0 aliphatic heterocycles. The summed E-state index contributed by atoms with van der Waals surface area (Å²) in [6, 6.07) is 15.8. The van der Waals surface area contributed by atoms with Gasteiger partial charge in [-0.05, 0) is 52.3 Å². The third kappa shape index (κ3) is 2.83. The van der Waals surface area contributed by atoms with Crippen LogP contribution in [0.3, 0.4) is 0 Å². The Labute approximate surface area is 158 Å². The van der Waals surface area contributed by atoms with Crippen LogP contribution in [0.5, 0.6) is 0 Å². The number of hydrogen-bond donors (Lipinski definition) is 0. The summed E-state index contributed by atoms with van der Waals surface area (Å²) >= 11 is 3.28. The van der Waals surface area contributed by atoms with Crippen molar-refractivity contribution in [3.8, 4) is 11.1 Å². The van der Waals surface area contributed by atoms with E-state index in [2.05, 4.69) is 20.9 Å². The molecule has 26 heavy (non-hydrogen) atoms. The van der Waals surface area contributed by atoms with E-state index in [0.717, 1.165) is 9.54 Å². The molecule has 4 rings (SSSR count). The molecule has 7 heteroatoms. The smallest absolute Gasteiger partial charge is 0.249 e. The third-order valence-electron chi connectivity index (χ3n) is 4.07. The van der Waals surface area contributed by atoms with Crippen molar-refractivity contribution in [2.75, 3.05) is 0 Å². The highest BCUT2D eigenvalue weighted by Gasteiger charge is 2.22. The molecule has 0 amide bonds. The molecule has 4 nitrogen and oxygen atoms in total. The molecule has 0 fully saturated rings. The van der Waals surface area contributed by atoms with Gasteiger partial charge in [0.2, 0.25) is 0 Å². The molecule has 0 radical (unpaired) electrons. The monoisotopic (exact) mass is 430 g/mol. The van der Waals surface area contributed by atoms with E-state index in [1.807, 2.05) is 6.07 Å².